The highest BCUT2D eigenvalue weighted by atomic mass is 15.4. The van der Waals surface area contributed by atoms with Crippen molar-refractivity contribution in [3.8, 4) is 0 Å². The van der Waals surface area contributed by atoms with Gasteiger partial charge in [0.2, 0.25) is 6.67 Å². The maximum atomic E-state index is 3.88. The summed E-state index contributed by atoms with van der Waals surface area (Å²) in [7, 11) is 0. The van der Waals surface area contributed by atoms with Gasteiger partial charge < -0.3 is 9.80 Å². The lowest BCUT2D eigenvalue weighted by Gasteiger charge is -2.32. The zero-order valence-corrected chi connectivity index (χ0v) is 21.1. The Morgan fingerprint density at radius 3 is 1.20 bits per heavy atom. The number of para-hydroxylation sites is 2. The Bertz CT molecular complexity index is 1150. The van der Waals surface area contributed by atoms with Crippen LogP contribution in [-0.4, -0.2) is 0 Å². The van der Waals surface area contributed by atoms with E-state index in [1.54, 1.807) is 0 Å². The Hall–Kier alpha value is -3.52. The molecular formula is C33H34N2. The first-order valence-corrected chi connectivity index (χ1v) is 12.7. The summed E-state index contributed by atoms with van der Waals surface area (Å²) < 4.78 is 0. The molecule has 0 saturated carbocycles. The Morgan fingerprint density at radius 2 is 0.829 bits per heavy atom. The van der Waals surface area contributed by atoms with Crippen molar-refractivity contribution < 1.29 is 0 Å². The van der Waals surface area contributed by atoms with Crippen molar-refractivity contribution in [1.82, 2.24) is 0 Å². The Balaban J connectivity index is 1.75. The quantitative estimate of drug-likeness (QED) is 0.285. The van der Waals surface area contributed by atoms with Crippen LogP contribution in [0.5, 0.6) is 0 Å². The van der Waals surface area contributed by atoms with E-state index in [-0.39, 0.29) is 12.1 Å². The normalized spacial score (nSPS) is 18.0. The van der Waals surface area contributed by atoms with Gasteiger partial charge in [0.1, 0.15) is 0 Å². The van der Waals surface area contributed by atoms with E-state index >= 15 is 0 Å². The molecule has 0 aliphatic carbocycles. The van der Waals surface area contributed by atoms with Crippen molar-refractivity contribution in [2.24, 2.45) is 0 Å². The molecule has 0 bridgehead atoms. The van der Waals surface area contributed by atoms with Crippen LogP contribution in [0.3, 0.4) is 0 Å². The maximum absolute atomic E-state index is 3.88. The van der Waals surface area contributed by atoms with Crippen molar-refractivity contribution in [2.45, 2.75) is 51.6 Å². The fourth-order valence-electron chi connectivity index (χ4n) is 5.28. The van der Waals surface area contributed by atoms with Crippen molar-refractivity contribution in [2.75, 3.05) is 9.80 Å². The van der Waals surface area contributed by atoms with Crippen LogP contribution < -0.4 is 9.80 Å². The molecule has 1 heterocycles. The Morgan fingerprint density at radius 1 is 0.486 bits per heavy atom. The van der Waals surface area contributed by atoms with Gasteiger partial charge in [-0.05, 0) is 46.2 Å². The second-order valence-corrected chi connectivity index (χ2v) is 9.98. The highest BCUT2D eigenvalue weighted by molar-refractivity contribution is 5.68. The first-order chi connectivity index (χ1) is 17.1. The lowest BCUT2D eigenvalue weighted by molar-refractivity contribution is 0.614. The topological polar surface area (TPSA) is 6.48 Å². The molecule has 1 aliphatic heterocycles. The maximum Gasteiger partial charge on any atom is 0.210 e. The van der Waals surface area contributed by atoms with Crippen LogP contribution in [0, 0.1) is 6.67 Å². The monoisotopic (exact) mass is 458 g/mol. The fourth-order valence-corrected chi connectivity index (χ4v) is 5.28. The predicted octanol–water partition coefficient (Wildman–Crippen LogP) is 8.74. The highest BCUT2D eigenvalue weighted by Crippen LogP contribution is 2.51. The minimum atomic E-state index is 0.0821. The average Bonchev–Trinajstić information content (AvgIpc) is 3.30. The second kappa shape index (κ2) is 10.00. The third-order valence-electron chi connectivity index (χ3n) is 6.99. The van der Waals surface area contributed by atoms with Gasteiger partial charge in [0.05, 0.1) is 12.1 Å². The lowest BCUT2D eigenvalue weighted by atomic mass is 9.91. The first-order valence-electron chi connectivity index (χ1n) is 12.7. The van der Waals surface area contributed by atoms with Gasteiger partial charge >= 0.3 is 0 Å². The molecule has 1 saturated heterocycles. The molecule has 4 aromatic carbocycles. The summed E-state index contributed by atoms with van der Waals surface area (Å²) in [6.45, 7) is 13.0. The fraction of sp³-hybridized carbons (Fsp3) is 0.242. The van der Waals surface area contributed by atoms with Gasteiger partial charge in [-0.15, -0.1) is 0 Å². The molecule has 5 rings (SSSR count). The molecule has 0 N–H and O–H groups in total. The van der Waals surface area contributed by atoms with Gasteiger partial charge in [0.25, 0.3) is 0 Å². The van der Waals surface area contributed by atoms with Crippen LogP contribution in [0.15, 0.2) is 109 Å². The average molecular weight is 459 g/mol. The molecule has 2 nitrogen and oxygen atoms in total. The summed E-state index contributed by atoms with van der Waals surface area (Å²) in [5.74, 6) is 0.827. The molecule has 0 amide bonds. The van der Waals surface area contributed by atoms with E-state index < -0.39 is 0 Å². The van der Waals surface area contributed by atoms with Crippen molar-refractivity contribution in [3.05, 3.63) is 138 Å². The van der Waals surface area contributed by atoms with Crippen LogP contribution in [0.25, 0.3) is 0 Å². The summed E-state index contributed by atoms with van der Waals surface area (Å²) in [5, 5.41) is 0. The summed E-state index contributed by atoms with van der Waals surface area (Å²) in [6.07, 6.45) is 0. The number of hydrogen-bond acceptors (Lipinski definition) is 2. The molecule has 0 unspecified atom stereocenters. The van der Waals surface area contributed by atoms with E-state index in [4.69, 9.17) is 0 Å². The Kier molecular flexibility index (Phi) is 6.63. The van der Waals surface area contributed by atoms with Gasteiger partial charge in [0, 0.05) is 11.4 Å². The largest absolute Gasteiger partial charge is 0.331 e. The van der Waals surface area contributed by atoms with Crippen molar-refractivity contribution >= 4 is 11.4 Å². The number of nitrogens with zero attached hydrogens (tertiary/aromatic N) is 2. The standard InChI is InChI=1S/C33H34N2/c1-24(2)28-19-11-13-21-30(28)34-23-35(31-22-14-12-20-29(31)25(3)4)33(27-17-9-6-10-18-27)32(34)26-15-7-5-8-16-26/h5-22,24-25,32-33H,1-4H3/t32-,33-/m1/s1. The van der Waals surface area contributed by atoms with Crippen molar-refractivity contribution in [1.29, 1.82) is 0 Å². The third-order valence-corrected chi connectivity index (χ3v) is 6.99. The molecule has 0 aromatic heterocycles. The highest BCUT2D eigenvalue weighted by Gasteiger charge is 2.44. The molecule has 2 radical (unpaired) electrons. The summed E-state index contributed by atoms with van der Waals surface area (Å²) in [4.78, 5) is 4.78. The van der Waals surface area contributed by atoms with Crippen LogP contribution >= 0.6 is 0 Å². The van der Waals surface area contributed by atoms with Crippen LogP contribution in [0.2, 0.25) is 0 Å². The molecular weight excluding hydrogens is 424 g/mol. The molecule has 176 valence electrons. The smallest absolute Gasteiger partial charge is 0.210 e. The molecule has 4 aromatic rings. The van der Waals surface area contributed by atoms with Crippen LogP contribution in [0.1, 0.15) is 73.9 Å². The summed E-state index contributed by atoms with van der Waals surface area (Å²) >= 11 is 0. The lowest BCUT2D eigenvalue weighted by Crippen LogP contribution is -2.24. The molecule has 35 heavy (non-hydrogen) atoms. The minimum Gasteiger partial charge on any atom is -0.331 e. The number of rotatable bonds is 6. The molecule has 1 fully saturated rings. The van der Waals surface area contributed by atoms with E-state index in [0.29, 0.717) is 11.8 Å². The van der Waals surface area contributed by atoms with E-state index in [1.165, 1.54) is 33.6 Å². The zero-order chi connectivity index (χ0) is 24.4. The van der Waals surface area contributed by atoms with Crippen LogP contribution in [-0.2, 0) is 0 Å². The van der Waals surface area contributed by atoms with Crippen molar-refractivity contribution in [3.63, 3.8) is 0 Å². The molecule has 0 spiro atoms. The summed E-state index contributed by atoms with van der Waals surface area (Å²) in [5.41, 5.74) is 7.70. The molecule has 2 atom stereocenters. The summed E-state index contributed by atoms with van der Waals surface area (Å²) in [6, 6.07) is 39.6. The number of hydrogen-bond donors (Lipinski definition) is 0. The van der Waals surface area contributed by atoms with Gasteiger partial charge in [-0.1, -0.05) is 125 Å². The van der Waals surface area contributed by atoms with E-state index in [2.05, 4.69) is 153 Å². The zero-order valence-electron chi connectivity index (χ0n) is 21.1. The Labute approximate surface area is 210 Å². The van der Waals surface area contributed by atoms with Gasteiger partial charge in [-0.25, -0.2) is 0 Å². The van der Waals surface area contributed by atoms with E-state index in [1.807, 2.05) is 0 Å². The van der Waals surface area contributed by atoms with E-state index in [0.717, 1.165) is 0 Å². The van der Waals surface area contributed by atoms with Gasteiger partial charge in [0.15, 0.2) is 0 Å². The molecule has 1 aliphatic rings. The predicted molar refractivity (Wildman–Crippen MR) is 148 cm³/mol. The SMILES string of the molecule is CC(C)c1ccccc1N1[C]N(c2ccccc2C(C)C)[C@H](c2ccccc2)[C@H]1c1ccccc1. The number of benzene rings is 4. The number of anilines is 2. The minimum absolute atomic E-state index is 0.0821. The van der Waals surface area contributed by atoms with Gasteiger partial charge in [-0.2, -0.15) is 0 Å². The van der Waals surface area contributed by atoms with Crippen LogP contribution in [0.4, 0.5) is 11.4 Å². The van der Waals surface area contributed by atoms with Gasteiger partial charge in [-0.3, -0.25) is 0 Å². The first kappa shape index (κ1) is 23.2. The molecule has 2 heteroatoms. The second-order valence-electron chi connectivity index (χ2n) is 9.98. The van der Waals surface area contributed by atoms with E-state index in [9.17, 15) is 0 Å². The third kappa shape index (κ3) is 4.46.